The Balaban J connectivity index is 2.03. The highest BCUT2D eigenvalue weighted by Gasteiger charge is 2.32. The van der Waals surface area contributed by atoms with Crippen molar-refractivity contribution in [2.45, 2.75) is 26.3 Å². The summed E-state index contributed by atoms with van der Waals surface area (Å²) in [6.45, 7) is 3.59. The van der Waals surface area contributed by atoms with Crippen molar-refractivity contribution in [3.05, 3.63) is 65.2 Å². The van der Waals surface area contributed by atoms with E-state index in [1.165, 1.54) is 0 Å². The Labute approximate surface area is 169 Å². The number of benzene rings is 2. The van der Waals surface area contributed by atoms with Gasteiger partial charge in [-0.2, -0.15) is 0 Å². The van der Waals surface area contributed by atoms with Crippen LogP contribution in [0, 0.1) is 12.3 Å². The number of methoxy groups -OCH3 is 1. The lowest BCUT2D eigenvalue weighted by molar-refractivity contribution is -0.118. The number of hydrogen-bond donors (Lipinski definition) is 3. The third-order valence-electron chi connectivity index (χ3n) is 4.94. The van der Waals surface area contributed by atoms with E-state index >= 15 is 0 Å². The molecule has 0 saturated carbocycles. The van der Waals surface area contributed by atoms with Gasteiger partial charge >= 0.3 is 0 Å². The van der Waals surface area contributed by atoms with Crippen LogP contribution in [0.5, 0.6) is 5.75 Å². The predicted octanol–water partition coefficient (Wildman–Crippen LogP) is 3.43. The molecule has 7 heteroatoms. The summed E-state index contributed by atoms with van der Waals surface area (Å²) < 4.78 is 5.26. The number of nitrogens with two attached hydrogens (primary N) is 1. The fourth-order valence-electron chi connectivity index (χ4n) is 3.31. The van der Waals surface area contributed by atoms with Gasteiger partial charge in [0.15, 0.2) is 5.84 Å². The number of primary amides is 1. The van der Waals surface area contributed by atoms with E-state index in [4.69, 9.17) is 15.9 Å². The molecule has 0 aromatic heterocycles. The summed E-state index contributed by atoms with van der Waals surface area (Å²) >= 11 is 0. The van der Waals surface area contributed by atoms with Crippen molar-refractivity contribution in [3.8, 4) is 5.75 Å². The van der Waals surface area contributed by atoms with Gasteiger partial charge in [-0.3, -0.25) is 10.2 Å². The van der Waals surface area contributed by atoms with E-state index in [0.717, 1.165) is 11.3 Å². The number of aliphatic imine (C=N–C) groups is 1. The van der Waals surface area contributed by atoms with Crippen LogP contribution in [0.4, 0.5) is 5.69 Å². The zero-order chi connectivity index (χ0) is 21.1. The molecule has 0 bridgehead atoms. The van der Waals surface area contributed by atoms with Gasteiger partial charge in [0, 0.05) is 23.2 Å². The van der Waals surface area contributed by atoms with Gasteiger partial charge in [0.1, 0.15) is 23.4 Å². The smallest absolute Gasteiger partial charge is 0.240 e. The molecule has 4 N–H and O–H groups in total. The molecule has 29 heavy (non-hydrogen) atoms. The first kappa shape index (κ1) is 20.1. The standard InChI is InChI=1S/C22H24N4O3/c1-13-11-16(29-3)9-10-18(13)26(14(2)22(24)28)19-12-17(21(23)25-19)20(27)15-7-5-4-6-8-15/h4-11,14,23,27H,12H2,1-3H3,(H2,24,28). The lowest BCUT2D eigenvalue weighted by Crippen LogP contribution is -2.46. The van der Waals surface area contributed by atoms with Gasteiger partial charge in [-0.25, -0.2) is 4.99 Å². The van der Waals surface area contributed by atoms with E-state index in [9.17, 15) is 9.90 Å². The number of aliphatic hydroxyl groups is 1. The summed E-state index contributed by atoms with van der Waals surface area (Å²) in [6.07, 6.45) is 0.211. The molecule has 1 atom stereocenters. The SMILES string of the molecule is COc1ccc(N(C2=NC(=N)C(=C(O)c3ccccc3)C2)C(C)C(N)=O)c(C)c1. The molecule has 2 aromatic rings. The first-order valence-electron chi connectivity index (χ1n) is 9.20. The highest BCUT2D eigenvalue weighted by molar-refractivity contribution is 6.21. The van der Waals surface area contributed by atoms with E-state index in [1.807, 2.05) is 37.3 Å². The molecule has 0 saturated heterocycles. The summed E-state index contributed by atoms with van der Waals surface area (Å²) in [6, 6.07) is 13.8. The number of anilines is 1. The molecule has 0 fully saturated rings. The Kier molecular flexibility index (Phi) is 5.68. The molecule has 0 spiro atoms. The third-order valence-corrected chi connectivity index (χ3v) is 4.94. The molecule has 1 aliphatic heterocycles. The van der Waals surface area contributed by atoms with Gasteiger partial charge in [0.05, 0.1) is 7.11 Å². The summed E-state index contributed by atoms with van der Waals surface area (Å²) in [5.74, 6) is 0.634. The summed E-state index contributed by atoms with van der Waals surface area (Å²) in [5.41, 5.74) is 8.22. The maximum Gasteiger partial charge on any atom is 0.240 e. The molecule has 0 aliphatic carbocycles. The highest BCUT2D eigenvalue weighted by atomic mass is 16.5. The highest BCUT2D eigenvalue weighted by Crippen LogP contribution is 2.32. The lowest BCUT2D eigenvalue weighted by Gasteiger charge is -2.30. The summed E-state index contributed by atoms with van der Waals surface area (Å²) in [7, 11) is 1.59. The van der Waals surface area contributed by atoms with E-state index in [2.05, 4.69) is 4.99 Å². The molecule has 1 aliphatic rings. The van der Waals surface area contributed by atoms with Crippen molar-refractivity contribution < 1.29 is 14.6 Å². The minimum absolute atomic E-state index is 0.00693. The first-order chi connectivity index (χ1) is 13.8. The average molecular weight is 392 g/mol. The van der Waals surface area contributed by atoms with Crippen molar-refractivity contribution >= 4 is 29.0 Å². The van der Waals surface area contributed by atoms with Crippen LogP contribution in [0.1, 0.15) is 24.5 Å². The van der Waals surface area contributed by atoms with Crippen LogP contribution in [0.15, 0.2) is 59.1 Å². The van der Waals surface area contributed by atoms with Crippen molar-refractivity contribution in [1.82, 2.24) is 0 Å². The van der Waals surface area contributed by atoms with Gasteiger partial charge in [-0.15, -0.1) is 0 Å². The maximum absolute atomic E-state index is 12.0. The molecule has 1 heterocycles. The topological polar surface area (TPSA) is 112 Å². The minimum atomic E-state index is -0.688. The van der Waals surface area contributed by atoms with Crippen LogP contribution in [0.3, 0.4) is 0 Å². The van der Waals surface area contributed by atoms with Gasteiger partial charge in [0.25, 0.3) is 0 Å². The fourth-order valence-corrected chi connectivity index (χ4v) is 3.31. The van der Waals surface area contributed by atoms with Gasteiger partial charge in [-0.05, 0) is 37.6 Å². The zero-order valence-electron chi connectivity index (χ0n) is 16.6. The van der Waals surface area contributed by atoms with Crippen LogP contribution in [0.25, 0.3) is 5.76 Å². The second-order valence-corrected chi connectivity index (χ2v) is 6.85. The van der Waals surface area contributed by atoms with Gasteiger partial charge in [0.2, 0.25) is 5.91 Å². The second kappa shape index (κ2) is 8.18. The molecule has 7 nitrogen and oxygen atoms in total. The molecule has 1 amide bonds. The molecule has 0 radical (unpaired) electrons. The van der Waals surface area contributed by atoms with Crippen LogP contribution < -0.4 is 15.4 Å². The van der Waals surface area contributed by atoms with Gasteiger partial charge in [-0.1, -0.05) is 30.3 Å². The zero-order valence-corrected chi connectivity index (χ0v) is 16.6. The van der Waals surface area contributed by atoms with E-state index < -0.39 is 11.9 Å². The number of amides is 1. The Morgan fingerprint density at radius 2 is 1.97 bits per heavy atom. The molecule has 3 rings (SSSR count). The number of aryl methyl sites for hydroxylation is 1. The molecular weight excluding hydrogens is 368 g/mol. The number of carbonyl (C=O) groups is 1. The number of ether oxygens (including phenoxy) is 1. The van der Waals surface area contributed by atoms with Crippen LogP contribution in [-0.4, -0.2) is 35.8 Å². The van der Waals surface area contributed by atoms with Crippen molar-refractivity contribution in [1.29, 1.82) is 5.41 Å². The number of hydrogen-bond acceptors (Lipinski definition) is 5. The normalized spacial score (nSPS) is 16.2. The van der Waals surface area contributed by atoms with Gasteiger partial charge < -0.3 is 20.5 Å². The Morgan fingerprint density at radius 3 is 2.55 bits per heavy atom. The summed E-state index contributed by atoms with van der Waals surface area (Å²) in [5, 5.41) is 18.9. The molecule has 1 unspecified atom stereocenters. The molecule has 2 aromatic carbocycles. The van der Waals surface area contributed by atoms with Crippen molar-refractivity contribution in [2.24, 2.45) is 10.7 Å². The molecule has 150 valence electrons. The fraction of sp³-hybridized carbons (Fsp3) is 0.227. The van der Waals surface area contributed by atoms with E-state index in [1.54, 1.807) is 37.1 Å². The maximum atomic E-state index is 12.0. The van der Waals surface area contributed by atoms with Crippen LogP contribution in [0.2, 0.25) is 0 Å². The average Bonchev–Trinajstić information content (AvgIpc) is 3.10. The number of nitrogens with zero attached hydrogens (tertiary/aromatic N) is 2. The van der Waals surface area contributed by atoms with Crippen LogP contribution >= 0.6 is 0 Å². The minimum Gasteiger partial charge on any atom is -0.507 e. The summed E-state index contributed by atoms with van der Waals surface area (Å²) in [4.78, 5) is 18.1. The Morgan fingerprint density at radius 1 is 1.28 bits per heavy atom. The Hall–Kier alpha value is -3.61. The van der Waals surface area contributed by atoms with Crippen molar-refractivity contribution in [3.63, 3.8) is 0 Å². The number of aliphatic hydroxyl groups excluding tert-OH is 1. The largest absolute Gasteiger partial charge is 0.507 e. The number of nitrogens with one attached hydrogen (secondary N) is 1. The monoisotopic (exact) mass is 392 g/mol. The van der Waals surface area contributed by atoms with E-state index in [0.29, 0.717) is 22.7 Å². The quantitative estimate of drug-likeness (QED) is 0.677. The number of rotatable bonds is 5. The van der Waals surface area contributed by atoms with Crippen molar-refractivity contribution in [2.75, 3.05) is 12.0 Å². The predicted molar refractivity (Wildman–Crippen MR) is 115 cm³/mol. The third kappa shape index (κ3) is 3.99. The second-order valence-electron chi connectivity index (χ2n) is 6.85. The molecular formula is C22H24N4O3. The van der Waals surface area contributed by atoms with E-state index in [-0.39, 0.29) is 18.0 Å². The Bertz CT molecular complexity index is 1010. The first-order valence-corrected chi connectivity index (χ1v) is 9.20. The lowest BCUT2D eigenvalue weighted by atomic mass is 10.0. The number of carbonyl (C=O) groups excluding carboxylic acids is 1. The van der Waals surface area contributed by atoms with Crippen LogP contribution in [-0.2, 0) is 4.79 Å². The number of amidine groups is 2.